The van der Waals surface area contributed by atoms with E-state index in [0.717, 1.165) is 18.1 Å². The molecule has 2 aromatic rings. The summed E-state index contributed by atoms with van der Waals surface area (Å²) < 4.78 is 1.34. The molecule has 0 aliphatic carbocycles. The molecule has 2 rings (SSSR count). The second-order valence-electron chi connectivity index (χ2n) is 5.76. The van der Waals surface area contributed by atoms with E-state index in [0.29, 0.717) is 11.8 Å². The highest BCUT2D eigenvalue weighted by Crippen LogP contribution is 2.37. The van der Waals surface area contributed by atoms with Crippen molar-refractivity contribution in [1.82, 2.24) is 5.32 Å². The van der Waals surface area contributed by atoms with Gasteiger partial charge in [-0.25, -0.2) is 0 Å². The van der Waals surface area contributed by atoms with Gasteiger partial charge in [-0.3, -0.25) is 0 Å². The van der Waals surface area contributed by atoms with Crippen LogP contribution in [0.1, 0.15) is 44.1 Å². The molecule has 3 heteroatoms. The van der Waals surface area contributed by atoms with Crippen molar-refractivity contribution in [3.63, 3.8) is 0 Å². The molecule has 0 aliphatic heterocycles. The minimum absolute atomic E-state index is 0.531. The molecule has 0 spiro atoms. The van der Waals surface area contributed by atoms with Crippen molar-refractivity contribution in [2.75, 3.05) is 6.54 Å². The molecule has 0 bridgehead atoms. The molecular weight excluding hydrogens is 274 g/mol. The van der Waals surface area contributed by atoms with Crippen LogP contribution in [0.3, 0.4) is 0 Å². The summed E-state index contributed by atoms with van der Waals surface area (Å²) in [5.41, 5.74) is 1.46. The van der Waals surface area contributed by atoms with Gasteiger partial charge < -0.3 is 5.32 Å². The summed E-state index contributed by atoms with van der Waals surface area (Å²) in [7, 11) is 0. The maximum Gasteiger partial charge on any atom is 0.0413 e. The van der Waals surface area contributed by atoms with Crippen LogP contribution in [0.15, 0.2) is 18.2 Å². The van der Waals surface area contributed by atoms with Crippen LogP contribution in [0.5, 0.6) is 0 Å². The first kappa shape index (κ1) is 14.8. The van der Waals surface area contributed by atoms with Gasteiger partial charge in [-0.05, 0) is 47.5 Å². The first-order valence-corrected chi connectivity index (χ1v) is 8.10. The van der Waals surface area contributed by atoms with Crippen LogP contribution >= 0.6 is 22.9 Å². The van der Waals surface area contributed by atoms with E-state index in [-0.39, 0.29) is 0 Å². The Balaban J connectivity index is 2.34. The molecular formula is C16H22ClNS. The first-order valence-electron chi connectivity index (χ1n) is 6.90. The normalized spacial score (nSPS) is 11.9. The van der Waals surface area contributed by atoms with Crippen molar-refractivity contribution < 1.29 is 0 Å². The van der Waals surface area contributed by atoms with Gasteiger partial charge in [0.05, 0.1) is 0 Å². The fourth-order valence-electron chi connectivity index (χ4n) is 2.38. The van der Waals surface area contributed by atoms with Crippen molar-refractivity contribution in [2.24, 2.45) is 5.92 Å². The zero-order chi connectivity index (χ0) is 14.0. The fraction of sp³-hybridized carbons (Fsp3) is 0.500. The number of rotatable bonds is 5. The molecule has 1 N–H and O–H groups in total. The fourth-order valence-corrected chi connectivity index (χ4v) is 3.86. The zero-order valence-corrected chi connectivity index (χ0v) is 13.7. The van der Waals surface area contributed by atoms with Gasteiger partial charge in [0.1, 0.15) is 0 Å². The van der Waals surface area contributed by atoms with Crippen molar-refractivity contribution in [3.8, 4) is 0 Å². The molecule has 0 saturated heterocycles. The van der Waals surface area contributed by atoms with Crippen LogP contribution in [-0.4, -0.2) is 6.54 Å². The van der Waals surface area contributed by atoms with E-state index in [4.69, 9.17) is 11.6 Å². The molecule has 0 amide bonds. The Bertz CT molecular complexity index is 557. The highest BCUT2D eigenvalue weighted by molar-refractivity contribution is 7.19. The van der Waals surface area contributed by atoms with Crippen LogP contribution < -0.4 is 5.32 Å². The van der Waals surface area contributed by atoms with E-state index in [1.54, 1.807) is 0 Å². The summed E-state index contributed by atoms with van der Waals surface area (Å²) in [6, 6.07) is 6.23. The Hall–Kier alpha value is -0.570. The van der Waals surface area contributed by atoms with E-state index >= 15 is 0 Å². The highest BCUT2D eigenvalue weighted by atomic mass is 35.5. The Morgan fingerprint density at radius 3 is 2.58 bits per heavy atom. The molecule has 1 aromatic carbocycles. The Morgan fingerprint density at radius 1 is 1.21 bits per heavy atom. The van der Waals surface area contributed by atoms with E-state index in [9.17, 15) is 0 Å². The number of benzene rings is 1. The molecule has 0 saturated carbocycles. The maximum atomic E-state index is 6.14. The van der Waals surface area contributed by atoms with Crippen molar-refractivity contribution in [1.29, 1.82) is 0 Å². The maximum absolute atomic E-state index is 6.14. The summed E-state index contributed by atoms with van der Waals surface area (Å²) in [5.74, 6) is 1.22. The molecule has 0 aliphatic rings. The quantitative estimate of drug-likeness (QED) is 0.776. The smallest absolute Gasteiger partial charge is 0.0413 e. The Morgan fingerprint density at radius 2 is 1.95 bits per heavy atom. The van der Waals surface area contributed by atoms with Gasteiger partial charge in [0.15, 0.2) is 0 Å². The average molecular weight is 296 g/mol. The van der Waals surface area contributed by atoms with Crippen LogP contribution in [0, 0.1) is 5.92 Å². The lowest BCUT2D eigenvalue weighted by Gasteiger charge is -2.10. The average Bonchev–Trinajstić information content (AvgIpc) is 2.65. The molecule has 0 unspecified atom stereocenters. The van der Waals surface area contributed by atoms with Gasteiger partial charge in [0.25, 0.3) is 0 Å². The third-order valence-electron chi connectivity index (χ3n) is 3.18. The number of thiophene rings is 1. The highest BCUT2D eigenvalue weighted by Gasteiger charge is 2.15. The predicted molar refractivity (Wildman–Crippen MR) is 87.5 cm³/mol. The van der Waals surface area contributed by atoms with Crippen molar-refractivity contribution >= 4 is 33.0 Å². The minimum atomic E-state index is 0.531. The third-order valence-corrected chi connectivity index (χ3v) is 4.60. The number of halogens is 1. The van der Waals surface area contributed by atoms with Gasteiger partial charge in [0, 0.05) is 21.1 Å². The first-order chi connectivity index (χ1) is 8.99. The van der Waals surface area contributed by atoms with Gasteiger partial charge in [-0.15, -0.1) is 11.3 Å². The minimum Gasteiger partial charge on any atom is -0.312 e. The van der Waals surface area contributed by atoms with E-state index in [1.807, 2.05) is 17.4 Å². The molecule has 1 aromatic heterocycles. The van der Waals surface area contributed by atoms with E-state index in [2.05, 4.69) is 45.1 Å². The summed E-state index contributed by atoms with van der Waals surface area (Å²) in [4.78, 5) is 1.45. The molecule has 104 valence electrons. The lowest BCUT2D eigenvalue weighted by Crippen LogP contribution is -2.19. The van der Waals surface area contributed by atoms with E-state index in [1.165, 1.54) is 20.5 Å². The molecule has 1 heterocycles. The van der Waals surface area contributed by atoms with Gasteiger partial charge in [-0.2, -0.15) is 0 Å². The molecule has 0 radical (unpaired) electrons. The number of nitrogens with one attached hydrogen (secondary N) is 1. The summed E-state index contributed by atoms with van der Waals surface area (Å²) in [5, 5.41) is 5.70. The monoisotopic (exact) mass is 295 g/mol. The third kappa shape index (κ3) is 3.50. The molecule has 0 fully saturated rings. The summed E-state index contributed by atoms with van der Waals surface area (Å²) in [6.45, 7) is 11.0. The van der Waals surface area contributed by atoms with Crippen molar-refractivity contribution in [2.45, 2.75) is 40.2 Å². The molecule has 0 atom stereocenters. The van der Waals surface area contributed by atoms with E-state index < -0.39 is 0 Å². The lowest BCUT2D eigenvalue weighted by atomic mass is 9.99. The van der Waals surface area contributed by atoms with Crippen LogP contribution in [0.4, 0.5) is 0 Å². The van der Waals surface area contributed by atoms with Crippen LogP contribution in [0.2, 0.25) is 5.02 Å². The van der Waals surface area contributed by atoms with Crippen molar-refractivity contribution in [3.05, 3.63) is 33.7 Å². The lowest BCUT2D eigenvalue weighted by molar-refractivity contribution is 0.553. The van der Waals surface area contributed by atoms with Gasteiger partial charge in [-0.1, -0.05) is 39.3 Å². The summed E-state index contributed by atoms with van der Waals surface area (Å²) >= 11 is 8.03. The largest absolute Gasteiger partial charge is 0.312 e. The standard InChI is InChI=1S/C16H22ClNS/c1-10(2)8-18-9-15-16(11(3)4)13-7-12(17)5-6-14(13)19-15/h5-7,10-11,18H,8-9H2,1-4H3. The topological polar surface area (TPSA) is 12.0 Å². The molecule has 19 heavy (non-hydrogen) atoms. The predicted octanol–water partition coefficient (Wildman–Crippen LogP) is 5.42. The number of hydrogen-bond donors (Lipinski definition) is 1. The second-order valence-corrected chi connectivity index (χ2v) is 7.33. The zero-order valence-electron chi connectivity index (χ0n) is 12.1. The molecule has 1 nitrogen and oxygen atoms in total. The van der Waals surface area contributed by atoms with Gasteiger partial charge in [0.2, 0.25) is 0 Å². The van der Waals surface area contributed by atoms with Gasteiger partial charge >= 0.3 is 0 Å². The second kappa shape index (κ2) is 6.25. The van der Waals surface area contributed by atoms with Crippen LogP contribution in [0.25, 0.3) is 10.1 Å². The summed E-state index contributed by atoms with van der Waals surface area (Å²) in [6.07, 6.45) is 0. The number of fused-ring (bicyclic) bond motifs is 1. The Labute approximate surface area is 125 Å². The van der Waals surface area contributed by atoms with Crippen LogP contribution in [-0.2, 0) is 6.54 Å². The Kier molecular flexibility index (Phi) is 4.88. The SMILES string of the molecule is CC(C)CNCc1sc2ccc(Cl)cc2c1C(C)C. The number of hydrogen-bond acceptors (Lipinski definition) is 2.